The maximum Gasteiger partial charge on any atom is 0.347 e. The standard InChI is InChI=1S/C22H18BrFO4.C21H16BrFO3.2CH4/c1-14-17(22(25)28-16-11-7-4-8-12-16)20(18(23)21(26-2)19(14)24)27-13-15-9-5-3-6-10-15;1-14-18(23)12-17(22)20(25-13-15-8-4-2-5-9-15)19(14)21(24)26-16-10-6-3-7-11-16;;/h3-12H,13H2,1-2H3;2-12H,13H2,1H3;2*1H4. The molecule has 0 spiro atoms. The molecule has 292 valence electrons. The van der Waals surface area contributed by atoms with Crippen molar-refractivity contribution in [3.8, 4) is 28.7 Å². The molecule has 6 rings (SSSR count). The molecule has 0 saturated heterocycles. The van der Waals surface area contributed by atoms with Gasteiger partial charge >= 0.3 is 11.9 Å². The van der Waals surface area contributed by atoms with Crippen LogP contribution in [0.25, 0.3) is 0 Å². The molecule has 0 aliphatic rings. The van der Waals surface area contributed by atoms with E-state index >= 15 is 0 Å². The largest absolute Gasteiger partial charge is 0.492 e. The quantitative estimate of drug-likeness (QED) is 0.0946. The number of para-hydroxylation sites is 2. The summed E-state index contributed by atoms with van der Waals surface area (Å²) in [5, 5.41) is 0. The Labute approximate surface area is 343 Å². The molecule has 0 saturated carbocycles. The summed E-state index contributed by atoms with van der Waals surface area (Å²) < 4.78 is 57.2. The van der Waals surface area contributed by atoms with Crippen molar-refractivity contribution >= 4 is 43.8 Å². The molecule has 0 fully saturated rings. The zero-order chi connectivity index (χ0) is 38.6. The third-order valence-electron chi connectivity index (χ3n) is 7.93. The fourth-order valence-electron chi connectivity index (χ4n) is 5.15. The summed E-state index contributed by atoms with van der Waals surface area (Å²) in [4.78, 5) is 25.5. The summed E-state index contributed by atoms with van der Waals surface area (Å²) in [7, 11) is 1.35. The van der Waals surface area contributed by atoms with Crippen molar-refractivity contribution in [3.63, 3.8) is 0 Å². The van der Waals surface area contributed by atoms with E-state index in [0.717, 1.165) is 11.1 Å². The Hall–Kier alpha value is -5.52. The molecule has 0 amide bonds. The van der Waals surface area contributed by atoms with Crippen molar-refractivity contribution in [1.29, 1.82) is 0 Å². The van der Waals surface area contributed by atoms with Crippen molar-refractivity contribution < 1.29 is 42.1 Å². The predicted octanol–water partition coefficient (Wildman–Crippen LogP) is 12.7. The zero-order valence-electron chi connectivity index (χ0n) is 29.4. The average Bonchev–Trinajstić information content (AvgIpc) is 3.18. The highest BCUT2D eigenvalue weighted by Crippen LogP contribution is 2.43. The number of rotatable bonds is 11. The Morgan fingerprint density at radius 3 is 1.39 bits per heavy atom. The average molecular weight is 893 g/mol. The molecule has 0 aliphatic heterocycles. The van der Waals surface area contributed by atoms with Crippen molar-refractivity contribution in [2.24, 2.45) is 0 Å². The molecule has 0 bridgehead atoms. The van der Waals surface area contributed by atoms with Crippen LogP contribution in [-0.2, 0) is 13.2 Å². The monoisotopic (exact) mass is 890 g/mol. The van der Waals surface area contributed by atoms with Crippen LogP contribution in [0, 0.1) is 25.5 Å². The highest BCUT2D eigenvalue weighted by atomic mass is 79.9. The maximum atomic E-state index is 14.7. The summed E-state index contributed by atoms with van der Waals surface area (Å²) in [5.74, 6) is -1.41. The van der Waals surface area contributed by atoms with Gasteiger partial charge in [0.05, 0.1) is 11.6 Å². The number of halogens is 4. The molecular formula is C45H42Br2F2O7. The fraction of sp³-hybridized carbons (Fsp3) is 0.156. The van der Waals surface area contributed by atoms with Gasteiger partial charge < -0.3 is 23.7 Å². The molecule has 0 N–H and O–H groups in total. The lowest BCUT2D eigenvalue weighted by molar-refractivity contribution is 0.0718. The molecule has 0 atom stereocenters. The maximum absolute atomic E-state index is 14.7. The van der Waals surface area contributed by atoms with Gasteiger partial charge in [0.15, 0.2) is 17.3 Å². The molecular weight excluding hydrogens is 850 g/mol. The van der Waals surface area contributed by atoms with E-state index in [9.17, 15) is 18.4 Å². The molecule has 0 unspecified atom stereocenters. The Morgan fingerprint density at radius 2 is 0.964 bits per heavy atom. The van der Waals surface area contributed by atoms with Gasteiger partial charge in [-0.25, -0.2) is 18.4 Å². The SMILES string of the molecule is C.C.COc1c(F)c(C)c(C(=O)Oc2ccccc2)c(OCc2ccccc2)c1Br.Cc1c(F)cc(Br)c(OCc2ccccc2)c1C(=O)Oc1ccccc1. The number of carbonyl (C=O) groups is 2. The molecule has 6 aromatic carbocycles. The third kappa shape index (κ3) is 11.3. The van der Waals surface area contributed by atoms with Gasteiger partial charge in [-0.1, -0.05) is 112 Å². The molecule has 0 aliphatic carbocycles. The predicted molar refractivity (Wildman–Crippen MR) is 222 cm³/mol. The summed E-state index contributed by atoms with van der Waals surface area (Å²) in [6.45, 7) is 3.45. The van der Waals surface area contributed by atoms with E-state index in [4.69, 9.17) is 23.7 Å². The fourth-order valence-corrected chi connectivity index (χ4v) is 6.32. The summed E-state index contributed by atoms with van der Waals surface area (Å²) in [6, 6.07) is 37.5. The Kier molecular flexibility index (Phi) is 17.3. The lowest BCUT2D eigenvalue weighted by Crippen LogP contribution is -2.15. The lowest BCUT2D eigenvalue weighted by Gasteiger charge is -2.18. The van der Waals surface area contributed by atoms with Gasteiger partial charge in [-0.2, -0.15) is 0 Å². The van der Waals surface area contributed by atoms with Crippen LogP contribution >= 0.6 is 31.9 Å². The van der Waals surface area contributed by atoms with Crippen molar-refractivity contribution in [3.05, 3.63) is 181 Å². The Balaban J connectivity index is 0.000000291. The van der Waals surface area contributed by atoms with Gasteiger partial charge in [0.25, 0.3) is 0 Å². The number of carbonyl (C=O) groups excluding carboxylic acids is 2. The second-order valence-electron chi connectivity index (χ2n) is 11.6. The van der Waals surface area contributed by atoms with E-state index in [-0.39, 0.29) is 72.0 Å². The molecule has 7 nitrogen and oxygen atoms in total. The van der Waals surface area contributed by atoms with Crippen LogP contribution in [0.5, 0.6) is 28.7 Å². The Morgan fingerprint density at radius 1 is 0.571 bits per heavy atom. The van der Waals surface area contributed by atoms with Gasteiger partial charge in [-0.05, 0) is 87.2 Å². The first-order valence-electron chi connectivity index (χ1n) is 16.5. The van der Waals surface area contributed by atoms with Crippen molar-refractivity contribution in [2.45, 2.75) is 41.9 Å². The second-order valence-corrected chi connectivity index (χ2v) is 13.3. The number of esters is 2. The van der Waals surface area contributed by atoms with Crippen LogP contribution in [0.4, 0.5) is 8.78 Å². The lowest BCUT2D eigenvalue weighted by atomic mass is 10.1. The van der Waals surface area contributed by atoms with Crippen LogP contribution in [0.3, 0.4) is 0 Å². The first-order chi connectivity index (χ1) is 26.1. The highest BCUT2D eigenvalue weighted by Gasteiger charge is 2.29. The summed E-state index contributed by atoms with van der Waals surface area (Å²) >= 11 is 6.59. The minimum Gasteiger partial charge on any atom is -0.492 e. The molecule has 0 radical (unpaired) electrons. The van der Waals surface area contributed by atoms with Crippen molar-refractivity contribution in [2.75, 3.05) is 7.11 Å². The number of hydrogen-bond donors (Lipinski definition) is 0. The third-order valence-corrected chi connectivity index (χ3v) is 9.24. The molecule has 6 aromatic rings. The van der Waals surface area contributed by atoms with E-state index in [1.807, 2.05) is 66.7 Å². The second kappa shape index (κ2) is 21.5. The van der Waals surface area contributed by atoms with Crippen LogP contribution in [-0.4, -0.2) is 19.0 Å². The highest BCUT2D eigenvalue weighted by molar-refractivity contribution is 9.11. The topological polar surface area (TPSA) is 80.3 Å². The zero-order valence-corrected chi connectivity index (χ0v) is 32.6. The van der Waals surface area contributed by atoms with Gasteiger partial charge in [-0.15, -0.1) is 0 Å². The molecule has 0 heterocycles. The van der Waals surface area contributed by atoms with Crippen LogP contribution in [0.15, 0.2) is 136 Å². The minimum absolute atomic E-state index is 0. The minimum atomic E-state index is -0.714. The van der Waals surface area contributed by atoms with E-state index in [1.54, 1.807) is 54.6 Å². The molecule has 11 heteroatoms. The summed E-state index contributed by atoms with van der Waals surface area (Å²) in [5.41, 5.74) is 2.17. The van der Waals surface area contributed by atoms with Crippen LogP contribution in [0.1, 0.15) is 57.8 Å². The smallest absolute Gasteiger partial charge is 0.347 e. The van der Waals surface area contributed by atoms with E-state index in [2.05, 4.69) is 31.9 Å². The van der Waals surface area contributed by atoms with E-state index in [0.29, 0.717) is 16.0 Å². The Bertz CT molecular complexity index is 2200. The molecule has 0 aromatic heterocycles. The first-order valence-corrected chi connectivity index (χ1v) is 18.1. The van der Waals surface area contributed by atoms with Gasteiger partial charge in [0.2, 0.25) is 0 Å². The van der Waals surface area contributed by atoms with Gasteiger partial charge in [-0.3, -0.25) is 0 Å². The van der Waals surface area contributed by atoms with Gasteiger partial charge in [0, 0.05) is 11.1 Å². The molecule has 56 heavy (non-hydrogen) atoms. The van der Waals surface area contributed by atoms with Gasteiger partial charge in [0.1, 0.15) is 51.9 Å². The summed E-state index contributed by atoms with van der Waals surface area (Å²) in [6.07, 6.45) is 0. The number of ether oxygens (including phenoxy) is 5. The number of methoxy groups -OCH3 is 1. The van der Waals surface area contributed by atoms with E-state index in [1.165, 1.54) is 27.0 Å². The van der Waals surface area contributed by atoms with E-state index < -0.39 is 23.6 Å². The number of hydrogen-bond acceptors (Lipinski definition) is 7. The first kappa shape index (κ1) is 44.9. The van der Waals surface area contributed by atoms with Crippen LogP contribution < -0.4 is 23.7 Å². The normalized spacial score (nSPS) is 10.1. The van der Waals surface area contributed by atoms with Crippen molar-refractivity contribution in [1.82, 2.24) is 0 Å². The van der Waals surface area contributed by atoms with Crippen LogP contribution in [0.2, 0.25) is 0 Å². The number of benzene rings is 6.